The molecule has 0 bridgehead atoms. The molecule has 0 saturated carbocycles. The first kappa shape index (κ1) is 82.3. The smallest absolute Gasteiger partial charge is 0.333 e. The Morgan fingerprint density at radius 3 is 1.16 bits per heavy atom. The lowest BCUT2D eigenvalue weighted by molar-refractivity contribution is -0.198. The molecule has 0 aromatic heterocycles. The Bertz CT molecular complexity index is 2610. The lowest BCUT2D eigenvalue weighted by Gasteiger charge is -2.26. The van der Waals surface area contributed by atoms with Gasteiger partial charge >= 0.3 is 5.97 Å². The van der Waals surface area contributed by atoms with Gasteiger partial charge in [-0.1, -0.05) is 47.4 Å². The summed E-state index contributed by atoms with van der Waals surface area (Å²) in [5.41, 5.74) is 13.8. The quantitative estimate of drug-likeness (QED) is 0.0248. The SMILES string of the molecule is C.C.C.CC1=CC(=O)N(C2=CCC(CCCC(=O)NCCCNCCCNCCCN)CC2)C1=O.CC1CC(=O)N(OC(=O)CCCC2CC=C(N3C(=O)C=CC3=O)CC2)C1=O.NCCCNCCCNCCCNC(=O)CCCC1CC=C(N2C(=O)C=CC2=O)CC1. The summed E-state index contributed by atoms with van der Waals surface area (Å²) in [5, 5.41) is 20.1. The number of allylic oxidation sites excluding steroid dienone is 6. The van der Waals surface area contributed by atoms with E-state index in [-0.39, 0.29) is 82.4 Å². The van der Waals surface area contributed by atoms with Gasteiger partial charge in [-0.25, -0.2) is 19.5 Å². The second-order valence-corrected chi connectivity index (χ2v) is 24.2. The molecule has 24 heteroatoms. The first-order valence-electron chi connectivity index (χ1n) is 33.1. The number of carbonyl (C=O) groups is 11. The van der Waals surface area contributed by atoms with Gasteiger partial charge in [0.25, 0.3) is 47.3 Å². The van der Waals surface area contributed by atoms with Crippen LogP contribution in [0.5, 0.6) is 0 Å². The fourth-order valence-electron chi connectivity index (χ4n) is 11.6. The van der Waals surface area contributed by atoms with Gasteiger partial charge in [0.2, 0.25) is 11.8 Å². The third kappa shape index (κ3) is 29.6. The summed E-state index contributed by atoms with van der Waals surface area (Å²) in [6, 6.07) is 0. The molecule has 0 aromatic rings. The van der Waals surface area contributed by atoms with E-state index in [4.69, 9.17) is 16.3 Å². The Morgan fingerprint density at radius 2 is 0.839 bits per heavy atom. The highest BCUT2D eigenvalue weighted by atomic mass is 16.7. The van der Waals surface area contributed by atoms with Crippen LogP contribution in [0.1, 0.15) is 197 Å². The predicted molar refractivity (Wildman–Crippen MR) is 361 cm³/mol. The van der Waals surface area contributed by atoms with Crippen LogP contribution in [0, 0.1) is 23.7 Å². The minimum Gasteiger partial charge on any atom is -0.356 e. The first-order chi connectivity index (χ1) is 43.5. The van der Waals surface area contributed by atoms with Crippen molar-refractivity contribution in [3.63, 3.8) is 0 Å². The van der Waals surface area contributed by atoms with Crippen molar-refractivity contribution >= 4 is 65.0 Å². The number of nitrogens with two attached hydrogens (primary N) is 2. The van der Waals surface area contributed by atoms with Gasteiger partial charge in [-0.3, -0.25) is 47.9 Å². The van der Waals surface area contributed by atoms with E-state index < -0.39 is 23.7 Å². The number of rotatable bonds is 38. The van der Waals surface area contributed by atoms with Crippen LogP contribution in [-0.2, 0) is 57.6 Å². The maximum Gasteiger partial charge on any atom is 0.333 e. The van der Waals surface area contributed by atoms with Crippen LogP contribution in [0.2, 0.25) is 0 Å². The van der Waals surface area contributed by atoms with Crippen molar-refractivity contribution in [3.8, 4) is 0 Å². The molecule has 4 atom stereocenters. The summed E-state index contributed by atoms with van der Waals surface area (Å²) in [5.74, 6) is -1.84. The number of amides is 10. The molecule has 4 unspecified atom stereocenters. The summed E-state index contributed by atoms with van der Waals surface area (Å²) in [6.45, 7) is 14.0. The van der Waals surface area contributed by atoms with E-state index >= 15 is 0 Å². The fourth-order valence-corrected chi connectivity index (χ4v) is 11.6. The standard InChI is InChI=1S/C24H41N5O3.C23H39N5O3.C19H22N2O6.3CH4/c1-19-18-23(31)29(24(19)32)21-10-8-20(9-11-21)6-2-7-22(30)28-17-5-16-27-15-4-14-26-13-3-12-25;24-13-2-14-25-15-3-16-26-17-4-18-27-21(29)6-1-5-19-7-9-20(10-8-19)28-22(30)11-12-23(28)31;1-12-11-17(24)21(19(12)26)27-18(25)4-2-3-13-5-7-14(8-6-13)20-15(22)9-10-16(20)23;;;/h10,18,20,26-27H,2-9,11-17,25H2,1H3,(H,28,30);9,11-12,19,25-26H,1-8,10,13-18,24H2,(H,27,29);7,9-10,12-13H,2-6,8,11H2,1H3;3*1H4. The Morgan fingerprint density at radius 1 is 0.484 bits per heavy atom. The lowest BCUT2D eigenvalue weighted by Crippen LogP contribution is -2.33. The van der Waals surface area contributed by atoms with E-state index in [1.54, 1.807) is 13.8 Å². The summed E-state index contributed by atoms with van der Waals surface area (Å²) in [4.78, 5) is 139. The second-order valence-electron chi connectivity index (χ2n) is 24.2. The van der Waals surface area contributed by atoms with Gasteiger partial charge in [0, 0.05) is 97.7 Å². The number of hydroxylamine groups is 2. The fraction of sp³-hybridized carbons (Fsp3) is 0.667. The van der Waals surface area contributed by atoms with Gasteiger partial charge in [0.15, 0.2) is 0 Å². The molecule has 10 amide bonds. The third-order valence-corrected chi connectivity index (χ3v) is 16.8. The van der Waals surface area contributed by atoms with E-state index in [0.29, 0.717) is 67.2 Å². The van der Waals surface area contributed by atoms with Gasteiger partial charge in [0.1, 0.15) is 0 Å². The summed E-state index contributed by atoms with van der Waals surface area (Å²) < 4.78 is 0. The maximum atomic E-state index is 12.1. The van der Waals surface area contributed by atoms with Crippen molar-refractivity contribution in [2.45, 2.75) is 197 Å². The number of hydrogen-bond acceptors (Lipinski definition) is 18. The molecular formula is C69H114N12O12. The first-order valence-corrected chi connectivity index (χ1v) is 33.1. The van der Waals surface area contributed by atoms with Crippen molar-refractivity contribution < 1.29 is 57.6 Å². The predicted octanol–water partition coefficient (Wildman–Crippen LogP) is 6.30. The molecule has 10 N–H and O–H groups in total. The number of nitrogens with one attached hydrogen (secondary N) is 6. The van der Waals surface area contributed by atoms with Gasteiger partial charge in [-0.2, -0.15) is 0 Å². The summed E-state index contributed by atoms with van der Waals surface area (Å²) in [6.07, 6.45) is 32.4. The van der Waals surface area contributed by atoms with Gasteiger partial charge < -0.3 is 48.2 Å². The molecular weight excluding hydrogens is 1190 g/mol. The molecule has 0 aromatic carbocycles. The molecule has 0 spiro atoms. The highest BCUT2D eigenvalue weighted by Crippen LogP contribution is 2.34. The van der Waals surface area contributed by atoms with Crippen LogP contribution in [0.15, 0.2) is 71.3 Å². The Labute approximate surface area is 553 Å². The summed E-state index contributed by atoms with van der Waals surface area (Å²) >= 11 is 0. The van der Waals surface area contributed by atoms with Crippen LogP contribution in [0.3, 0.4) is 0 Å². The van der Waals surface area contributed by atoms with Crippen molar-refractivity contribution in [3.05, 3.63) is 71.3 Å². The topological polar surface area (TPSA) is 334 Å². The molecule has 7 aliphatic rings. The molecule has 4 heterocycles. The van der Waals surface area contributed by atoms with Crippen molar-refractivity contribution in [1.82, 2.24) is 51.7 Å². The molecule has 7 rings (SSSR count). The summed E-state index contributed by atoms with van der Waals surface area (Å²) in [7, 11) is 0. The molecule has 1 fully saturated rings. The molecule has 93 heavy (non-hydrogen) atoms. The Hall–Kier alpha value is -6.83. The van der Waals surface area contributed by atoms with Gasteiger partial charge in [-0.05, 0) is 225 Å². The van der Waals surface area contributed by atoms with Gasteiger partial charge in [0.05, 0.1) is 0 Å². The number of imide groups is 4. The zero-order valence-corrected chi connectivity index (χ0v) is 53.4. The molecule has 3 aliphatic carbocycles. The minimum absolute atomic E-state index is 0. The van der Waals surface area contributed by atoms with Gasteiger partial charge in [-0.15, -0.1) is 5.06 Å². The van der Waals surface area contributed by atoms with Crippen LogP contribution in [0.25, 0.3) is 0 Å². The van der Waals surface area contributed by atoms with Crippen molar-refractivity contribution in [2.75, 3.05) is 78.5 Å². The van der Waals surface area contributed by atoms with Crippen molar-refractivity contribution in [1.29, 1.82) is 0 Å². The average Bonchev–Trinajstić information content (AvgIpc) is 1.94. The largest absolute Gasteiger partial charge is 0.356 e. The highest BCUT2D eigenvalue weighted by Gasteiger charge is 2.39. The van der Waals surface area contributed by atoms with E-state index in [9.17, 15) is 52.7 Å². The number of carbonyl (C=O) groups excluding carboxylic acids is 11. The molecule has 4 aliphatic heterocycles. The molecule has 522 valence electrons. The monoisotopic (exact) mass is 1300 g/mol. The van der Waals surface area contributed by atoms with Crippen LogP contribution < -0.4 is 43.4 Å². The number of hydrogen-bond donors (Lipinski definition) is 8. The van der Waals surface area contributed by atoms with E-state index in [2.05, 4.69) is 31.9 Å². The Kier molecular flexibility index (Phi) is 40.9. The zero-order valence-electron chi connectivity index (χ0n) is 53.4. The lowest BCUT2D eigenvalue weighted by atomic mass is 9.88. The van der Waals surface area contributed by atoms with Crippen LogP contribution in [-0.4, -0.2) is 163 Å². The highest BCUT2D eigenvalue weighted by molar-refractivity contribution is 6.17. The molecule has 0 radical (unpaired) electrons. The van der Waals surface area contributed by atoms with Crippen LogP contribution in [0.4, 0.5) is 0 Å². The zero-order chi connectivity index (χ0) is 65.0. The number of nitrogens with zero attached hydrogens (tertiary/aromatic N) is 4. The minimum atomic E-state index is -0.586. The van der Waals surface area contributed by atoms with Crippen molar-refractivity contribution in [2.24, 2.45) is 35.1 Å². The average molecular weight is 1300 g/mol. The van der Waals surface area contributed by atoms with E-state index in [0.717, 1.165) is 205 Å². The normalized spacial score (nSPS) is 20.0. The third-order valence-electron chi connectivity index (χ3n) is 16.8. The Balaban J connectivity index is 0.000000469. The van der Waals surface area contributed by atoms with E-state index in [1.165, 1.54) is 45.1 Å². The molecule has 1 saturated heterocycles. The molecule has 24 nitrogen and oxygen atoms in total. The van der Waals surface area contributed by atoms with Crippen LogP contribution >= 0.6 is 0 Å². The maximum absolute atomic E-state index is 12.1. The van der Waals surface area contributed by atoms with E-state index in [1.807, 2.05) is 18.2 Å². The second kappa shape index (κ2) is 46.3.